The minimum absolute atomic E-state index is 0.0139. The van der Waals surface area contributed by atoms with Gasteiger partial charge in [-0.05, 0) is 71.0 Å². The number of aliphatic hydroxyl groups excluding tert-OH is 1. The monoisotopic (exact) mass is 608 g/mol. The summed E-state index contributed by atoms with van der Waals surface area (Å²) in [6, 6.07) is -0.220. The molecule has 0 aliphatic carbocycles. The highest BCUT2D eigenvalue weighted by Gasteiger charge is 2.43. The molecule has 2 rings (SSSR count). The maximum absolute atomic E-state index is 12.4. The van der Waals surface area contributed by atoms with Gasteiger partial charge >= 0.3 is 12.1 Å². The number of hydrogen-bond donors (Lipinski definition) is 1. The van der Waals surface area contributed by atoms with Crippen LogP contribution in [-0.4, -0.2) is 56.8 Å². The molecule has 38 heavy (non-hydrogen) atoms. The molecule has 1 aromatic rings. The first kappa shape index (κ1) is 31.7. The molecule has 1 fully saturated rings. The summed E-state index contributed by atoms with van der Waals surface area (Å²) in [5.74, 6) is 4.28. The molecule has 4 atom stereocenters. The molecule has 0 saturated carbocycles. The third-order valence-corrected chi connectivity index (χ3v) is 6.65. The third-order valence-electron chi connectivity index (χ3n) is 5.49. The Bertz CT molecular complexity index is 1130. The van der Waals surface area contributed by atoms with Crippen molar-refractivity contribution in [3.8, 4) is 11.8 Å². The Hall–Kier alpha value is -2.48. The summed E-state index contributed by atoms with van der Waals surface area (Å²) < 4.78 is 11.7. The number of hydrogen-bond acceptors (Lipinski definition) is 8. The summed E-state index contributed by atoms with van der Waals surface area (Å²) in [6.07, 6.45) is 3.52. The molecule has 1 aromatic heterocycles. The van der Waals surface area contributed by atoms with Crippen molar-refractivity contribution in [1.29, 1.82) is 0 Å². The molecule has 1 aliphatic heterocycles. The predicted octanol–water partition coefficient (Wildman–Crippen LogP) is 5.65. The topological polar surface area (TPSA) is 106 Å². The molecule has 2 heterocycles. The summed E-state index contributed by atoms with van der Waals surface area (Å²) >= 11 is 4.86. The number of rotatable bonds is 9. The molecule has 0 spiro atoms. The molecule has 208 valence electrons. The van der Waals surface area contributed by atoms with Gasteiger partial charge in [-0.15, -0.1) is 11.3 Å². The van der Waals surface area contributed by atoms with Crippen molar-refractivity contribution in [3.63, 3.8) is 0 Å². The van der Waals surface area contributed by atoms with E-state index in [1.165, 1.54) is 16.2 Å². The fraction of sp³-hybridized carbons (Fsp3) is 0.571. The predicted molar refractivity (Wildman–Crippen MR) is 151 cm³/mol. The summed E-state index contributed by atoms with van der Waals surface area (Å²) in [4.78, 5) is 42.7. The van der Waals surface area contributed by atoms with Crippen LogP contribution in [0.2, 0.25) is 0 Å². The van der Waals surface area contributed by atoms with E-state index in [0.717, 1.165) is 20.8 Å². The van der Waals surface area contributed by atoms with Crippen LogP contribution in [0.3, 0.4) is 0 Å². The number of carbonyl (C=O) groups excluding carboxylic acids is 3. The van der Waals surface area contributed by atoms with Crippen LogP contribution in [-0.2, 0) is 25.5 Å². The van der Waals surface area contributed by atoms with Crippen LogP contribution >= 0.6 is 27.3 Å². The normalized spacial score (nSPS) is 18.6. The van der Waals surface area contributed by atoms with Crippen LogP contribution in [0, 0.1) is 11.8 Å². The van der Waals surface area contributed by atoms with Gasteiger partial charge in [-0.2, -0.15) is 0 Å². The number of halogens is 1. The van der Waals surface area contributed by atoms with Crippen LogP contribution < -0.4 is 0 Å². The Balaban J connectivity index is 2.01. The lowest BCUT2D eigenvalue weighted by atomic mass is 9.91. The highest BCUT2D eigenvalue weighted by molar-refractivity contribution is 9.11. The minimum Gasteiger partial charge on any atom is -0.448 e. The van der Waals surface area contributed by atoms with E-state index in [4.69, 9.17) is 14.5 Å². The Morgan fingerprint density at radius 2 is 2.03 bits per heavy atom. The molecule has 0 bridgehead atoms. The number of aromatic nitrogens is 1. The van der Waals surface area contributed by atoms with Crippen molar-refractivity contribution in [2.75, 3.05) is 0 Å². The highest BCUT2D eigenvalue weighted by Crippen LogP contribution is 2.32. The van der Waals surface area contributed by atoms with Crippen LogP contribution in [0.4, 0.5) is 4.79 Å². The lowest BCUT2D eigenvalue weighted by molar-refractivity contribution is -0.144. The molecule has 10 heteroatoms. The van der Waals surface area contributed by atoms with Crippen molar-refractivity contribution < 1.29 is 29.0 Å². The number of β-lactam (4-membered cyclic amide) rings is 1. The second-order valence-electron chi connectivity index (χ2n) is 10.6. The fourth-order valence-electron chi connectivity index (χ4n) is 3.88. The van der Waals surface area contributed by atoms with Crippen LogP contribution in [0.15, 0.2) is 27.6 Å². The molecule has 0 radical (unpaired) electrons. The molecule has 0 unspecified atom stereocenters. The Labute approximate surface area is 237 Å². The Kier molecular flexibility index (Phi) is 11.7. The SMILES string of the molecule is C/C(Br)=C\[C@H](Cc1nc([C@@H](C)C[C@@H]2CC(=O)N2C(=O)OC(C)(C)C)cs1)OC(=O)C#C/C=C(\C)C[C@H](C)O. The van der Waals surface area contributed by atoms with E-state index in [-0.39, 0.29) is 17.9 Å². The third kappa shape index (κ3) is 10.7. The van der Waals surface area contributed by atoms with Gasteiger partial charge in [-0.3, -0.25) is 4.79 Å². The number of amides is 2. The Morgan fingerprint density at radius 1 is 1.34 bits per heavy atom. The van der Waals surface area contributed by atoms with Gasteiger partial charge in [0.1, 0.15) is 11.7 Å². The number of carbonyl (C=O) groups is 3. The van der Waals surface area contributed by atoms with E-state index in [0.29, 0.717) is 25.7 Å². The van der Waals surface area contributed by atoms with E-state index in [1.807, 2.05) is 26.2 Å². The number of ether oxygens (including phenoxy) is 2. The molecule has 1 aliphatic rings. The second kappa shape index (κ2) is 14.1. The number of allylic oxidation sites excluding steroid dienone is 2. The summed E-state index contributed by atoms with van der Waals surface area (Å²) in [5, 5.41) is 12.2. The first-order valence-electron chi connectivity index (χ1n) is 12.5. The van der Waals surface area contributed by atoms with Crippen molar-refractivity contribution in [2.45, 2.75) is 104 Å². The zero-order valence-electron chi connectivity index (χ0n) is 23.0. The van der Waals surface area contributed by atoms with Gasteiger partial charge in [0.2, 0.25) is 5.91 Å². The number of likely N-dealkylation sites (tertiary alicyclic amines) is 1. The van der Waals surface area contributed by atoms with Crippen LogP contribution in [0.25, 0.3) is 0 Å². The summed E-state index contributed by atoms with van der Waals surface area (Å²) in [7, 11) is 0. The number of esters is 1. The standard InChI is InChI=1S/C28H37BrN2O6S/c1-17(11-20(4)32)9-8-10-26(34)36-22(13-19(3)29)15-24-30-23(16-38-24)18(2)12-21-14-25(33)31(21)27(35)37-28(5,6)7/h9,13,16,18,20-22,32H,11-12,14-15H2,1-7H3/b17-9+,19-13+/t18-,20-,21+,22+/m0/s1. The fourth-order valence-corrected chi connectivity index (χ4v) is 5.14. The first-order valence-corrected chi connectivity index (χ1v) is 14.2. The van der Waals surface area contributed by atoms with E-state index in [9.17, 15) is 19.5 Å². The Morgan fingerprint density at radius 3 is 2.61 bits per heavy atom. The molecule has 0 aromatic carbocycles. The number of imide groups is 1. The van der Waals surface area contributed by atoms with E-state index < -0.39 is 29.9 Å². The zero-order chi connectivity index (χ0) is 28.6. The van der Waals surface area contributed by atoms with E-state index >= 15 is 0 Å². The molecule has 1 saturated heterocycles. The molecular formula is C28H37BrN2O6S. The first-order chi connectivity index (χ1) is 17.6. The molecular weight excluding hydrogens is 572 g/mol. The minimum atomic E-state index is -0.672. The van der Waals surface area contributed by atoms with Crippen LogP contribution in [0.5, 0.6) is 0 Å². The lowest BCUT2D eigenvalue weighted by Crippen LogP contribution is -2.57. The van der Waals surface area contributed by atoms with Gasteiger partial charge in [0.05, 0.1) is 22.8 Å². The van der Waals surface area contributed by atoms with Crippen molar-refractivity contribution >= 4 is 45.2 Å². The van der Waals surface area contributed by atoms with Crippen molar-refractivity contribution in [2.24, 2.45) is 0 Å². The van der Waals surface area contributed by atoms with Gasteiger partial charge in [0.25, 0.3) is 0 Å². The van der Waals surface area contributed by atoms with Gasteiger partial charge in [0, 0.05) is 30.1 Å². The summed E-state index contributed by atoms with van der Waals surface area (Å²) in [6.45, 7) is 12.7. The van der Waals surface area contributed by atoms with Gasteiger partial charge < -0.3 is 14.6 Å². The van der Waals surface area contributed by atoms with E-state index in [1.54, 1.807) is 39.8 Å². The van der Waals surface area contributed by atoms with Crippen molar-refractivity contribution in [3.05, 3.63) is 38.3 Å². The van der Waals surface area contributed by atoms with Gasteiger partial charge in [-0.1, -0.05) is 34.3 Å². The maximum atomic E-state index is 12.4. The maximum Gasteiger partial charge on any atom is 0.417 e. The largest absolute Gasteiger partial charge is 0.448 e. The average Bonchev–Trinajstić information content (AvgIpc) is 3.19. The number of aliphatic hydroxyl groups is 1. The smallest absolute Gasteiger partial charge is 0.417 e. The zero-order valence-corrected chi connectivity index (χ0v) is 25.4. The average molecular weight is 610 g/mol. The van der Waals surface area contributed by atoms with Gasteiger partial charge in [0.15, 0.2) is 0 Å². The molecule has 8 nitrogen and oxygen atoms in total. The van der Waals surface area contributed by atoms with Crippen molar-refractivity contribution in [1.82, 2.24) is 9.88 Å². The highest BCUT2D eigenvalue weighted by atomic mass is 79.9. The van der Waals surface area contributed by atoms with E-state index in [2.05, 4.69) is 27.8 Å². The quantitative estimate of drug-likeness (QED) is 0.167. The number of thiazole rings is 1. The summed E-state index contributed by atoms with van der Waals surface area (Å²) in [5.41, 5.74) is 1.06. The number of nitrogens with zero attached hydrogens (tertiary/aromatic N) is 2. The second-order valence-corrected chi connectivity index (χ2v) is 12.8. The lowest BCUT2D eigenvalue weighted by Gasteiger charge is -2.40. The molecule has 2 amide bonds. The molecule has 1 N–H and O–H groups in total. The van der Waals surface area contributed by atoms with Gasteiger partial charge in [-0.25, -0.2) is 19.5 Å². The van der Waals surface area contributed by atoms with Crippen LogP contribution in [0.1, 0.15) is 84.3 Å².